The Balaban J connectivity index is 1.53. The summed E-state index contributed by atoms with van der Waals surface area (Å²) in [5.41, 5.74) is 11.2. The first-order valence-corrected chi connectivity index (χ1v) is 24.9. The van der Waals surface area contributed by atoms with Gasteiger partial charge < -0.3 is 19.7 Å². The van der Waals surface area contributed by atoms with Crippen molar-refractivity contribution < 1.29 is 29.3 Å². The third-order valence-electron chi connectivity index (χ3n) is 13.9. The van der Waals surface area contributed by atoms with Crippen LogP contribution in [0, 0.1) is 50.4 Å². The van der Waals surface area contributed by atoms with E-state index in [9.17, 15) is 19.8 Å². The van der Waals surface area contributed by atoms with E-state index in [-0.39, 0.29) is 33.2 Å². The number of phenols is 2. The number of rotatable bonds is 14. The lowest BCUT2D eigenvalue weighted by atomic mass is 9.75. The molecule has 0 amide bonds. The first-order chi connectivity index (χ1) is 31.4. The first-order valence-electron chi connectivity index (χ1n) is 24.9. The molecular formula is C62H82O6. The number of ether oxygens (including phenoxy) is 2. The average molecular weight is 923 g/mol. The van der Waals surface area contributed by atoms with Crippen LogP contribution < -0.4 is 9.47 Å². The normalized spacial score (nSPS) is 13.3. The van der Waals surface area contributed by atoms with Crippen LogP contribution in [0.4, 0.5) is 0 Å². The van der Waals surface area contributed by atoms with E-state index in [0.717, 1.165) is 79.6 Å². The van der Waals surface area contributed by atoms with Crippen molar-refractivity contribution >= 4 is 11.9 Å². The van der Waals surface area contributed by atoms with Crippen molar-refractivity contribution in [2.24, 2.45) is 22.7 Å². The molecule has 0 aliphatic carbocycles. The molecule has 2 atom stereocenters. The second kappa shape index (κ2) is 20.7. The fourth-order valence-corrected chi connectivity index (χ4v) is 9.92. The summed E-state index contributed by atoms with van der Waals surface area (Å²) in [6.45, 7) is 38.7. The van der Waals surface area contributed by atoms with E-state index < -0.39 is 11.9 Å². The number of aryl methyl sites for hydroxylation is 4. The highest BCUT2D eigenvalue weighted by Crippen LogP contribution is 2.42. The van der Waals surface area contributed by atoms with Gasteiger partial charge >= 0.3 is 11.9 Å². The molecule has 2 N–H and O–H groups in total. The van der Waals surface area contributed by atoms with Gasteiger partial charge in [0.15, 0.2) is 0 Å². The zero-order valence-electron chi connectivity index (χ0n) is 44.9. The highest BCUT2D eigenvalue weighted by atomic mass is 16.5. The summed E-state index contributed by atoms with van der Waals surface area (Å²) in [7, 11) is 0. The molecule has 6 nitrogen and oxygen atoms in total. The molecule has 5 aromatic rings. The summed E-state index contributed by atoms with van der Waals surface area (Å²) >= 11 is 0. The van der Waals surface area contributed by atoms with Gasteiger partial charge in [-0.05, 0) is 143 Å². The maximum absolute atomic E-state index is 14.3. The van der Waals surface area contributed by atoms with Gasteiger partial charge in [-0.2, -0.15) is 0 Å². The fraction of sp³-hybridized carbons (Fsp3) is 0.484. The van der Waals surface area contributed by atoms with Gasteiger partial charge in [-0.3, -0.25) is 0 Å². The highest BCUT2D eigenvalue weighted by Gasteiger charge is 2.30. The molecule has 0 spiro atoms. The zero-order chi connectivity index (χ0) is 50.8. The highest BCUT2D eigenvalue weighted by molar-refractivity contribution is 5.95. The molecule has 68 heavy (non-hydrogen) atoms. The van der Waals surface area contributed by atoms with E-state index in [4.69, 9.17) is 9.47 Å². The van der Waals surface area contributed by atoms with Crippen LogP contribution in [0.2, 0.25) is 0 Å². The van der Waals surface area contributed by atoms with Gasteiger partial charge in [0.2, 0.25) is 0 Å². The molecule has 0 radical (unpaired) electrons. The van der Waals surface area contributed by atoms with E-state index in [1.165, 1.54) is 0 Å². The Morgan fingerprint density at radius 3 is 1.01 bits per heavy atom. The topological polar surface area (TPSA) is 93.1 Å². The molecule has 0 aromatic heterocycles. The minimum Gasteiger partial charge on any atom is -0.507 e. The quantitative estimate of drug-likeness (QED) is 0.0851. The third kappa shape index (κ3) is 13.0. The molecule has 0 saturated carbocycles. The Bertz CT molecular complexity index is 2440. The molecule has 0 fully saturated rings. The maximum atomic E-state index is 14.3. The second-order valence-corrected chi connectivity index (χ2v) is 24.0. The molecule has 366 valence electrons. The monoisotopic (exact) mass is 923 g/mol. The average Bonchev–Trinajstić information content (AvgIpc) is 3.21. The van der Waals surface area contributed by atoms with Gasteiger partial charge in [-0.25, -0.2) is 9.59 Å². The van der Waals surface area contributed by atoms with Crippen LogP contribution in [0.3, 0.4) is 0 Å². The Labute approximate surface area is 409 Å². The summed E-state index contributed by atoms with van der Waals surface area (Å²) in [4.78, 5) is 28.6. The van der Waals surface area contributed by atoms with Crippen molar-refractivity contribution in [1.82, 2.24) is 0 Å². The van der Waals surface area contributed by atoms with Crippen molar-refractivity contribution in [2.45, 2.75) is 174 Å². The van der Waals surface area contributed by atoms with E-state index in [1.807, 2.05) is 38.1 Å². The lowest BCUT2D eigenvalue weighted by molar-refractivity contribution is 0.0716. The number of carbonyl (C=O) groups excluding carboxylic acids is 2. The van der Waals surface area contributed by atoms with E-state index in [1.54, 1.807) is 24.3 Å². The van der Waals surface area contributed by atoms with Crippen molar-refractivity contribution in [3.05, 3.63) is 151 Å². The number of carbonyl (C=O) groups is 2. The van der Waals surface area contributed by atoms with Gasteiger partial charge in [0, 0.05) is 12.8 Å². The molecule has 0 aliphatic heterocycles. The third-order valence-corrected chi connectivity index (χ3v) is 13.9. The number of esters is 2. The molecule has 6 heteroatoms. The van der Waals surface area contributed by atoms with Crippen molar-refractivity contribution in [3.63, 3.8) is 0 Å². The number of hydrogen-bond acceptors (Lipinski definition) is 6. The van der Waals surface area contributed by atoms with E-state index in [2.05, 4.69) is 135 Å². The lowest BCUT2D eigenvalue weighted by Gasteiger charge is -2.31. The molecule has 5 rings (SSSR count). The van der Waals surface area contributed by atoms with Crippen molar-refractivity contribution in [3.8, 4) is 23.0 Å². The van der Waals surface area contributed by atoms with Gasteiger partial charge in [-0.1, -0.05) is 181 Å². The minimum atomic E-state index is -0.535. The first kappa shape index (κ1) is 53.6. The smallest absolute Gasteiger partial charge is 0.343 e. The predicted octanol–water partition coefficient (Wildman–Crippen LogP) is 15.8. The number of phenolic OH excluding ortho intramolecular Hbond substituents is 2. The van der Waals surface area contributed by atoms with Crippen LogP contribution in [0.1, 0.15) is 197 Å². The molecule has 0 bridgehead atoms. The zero-order valence-corrected chi connectivity index (χ0v) is 44.9. The van der Waals surface area contributed by atoms with E-state index in [0.29, 0.717) is 60.1 Å². The molecule has 0 aliphatic rings. The summed E-state index contributed by atoms with van der Waals surface area (Å²) in [5.74, 6) is 1.12. The summed E-state index contributed by atoms with van der Waals surface area (Å²) in [6.07, 6.45) is 4.11. The van der Waals surface area contributed by atoms with Crippen molar-refractivity contribution in [2.75, 3.05) is 0 Å². The SMILES string of the molecule is CCC(Cc1cc(C)cc(Cc2cc(C)cc(C(C)(C)C)c2O)c1OC(=O)c1ccc(C(=O)Oc2c(Cc3cc(C)cc(C(C)(C)C)c3O)cc(C)cc2CC(CC)C(C)(C)C)cc1)C(C)(C)C. The maximum Gasteiger partial charge on any atom is 0.343 e. The van der Waals surface area contributed by atoms with Gasteiger partial charge in [0.05, 0.1) is 11.1 Å². The second-order valence-electron chi connectivity index (χ2n) is 24.0. The number of benzene rings is 5. The van der Waals surface area contributed by atoms with Crippen LogP contribution in [0.5, 0.6) is 23.0 Å². The van der Waals surface area contributed by atoms with Gasteiger partial charge in [0.25, 0.3) is 0 Å². The summed E-state index contributed by atoms with van der Waals surface area (Å²) in [5, 5.41) is 23.3. The van der Waals surface area contributed by atoms with Crippen LogP contribution >= 0.6 is 0 Å². The van der Waals surface area contributed by atoms with Gasteiger partial charge in [-0.15, -0.1) is 0 Å². The predicted molar refractivity (Wildman–Crippen MR) is 281 cm³/mol. The number of aromatic hydroxyl groups is 2. The lowest BCUT2D eigenvalue weighted by Crippen LogP contribution is -2.23. The Kier molecular flexibility index (Phi) is 16.3. The van der Waals surface area contributed by atoms with Gasteiger partial charge in [0.1, 0.15) is 23.0 Å². The van der Waals surface area contributed by atoms with Crippen molar-refractivity contribution in [1.29, 1.82) is 0 Å². The Morgan fingerprint density at radius 2 is 0.735 bits per heavy atom. The summed E-state index contributed by atoms with van der Waals surface area (Å²) < 4.78 is 13.0. The van der Waals surface area contributed by atoms with Crippen LogP contribution in [0.15, 0.2) is 72.8 Å². The molecular weight excluding hydrogens is 841 g/mol. The standard InChI is InChI=1S/C62H82O6/c1-19-49(59(7,8)9)35-47-29-37(3)27-45(33-43-25-39(5)31-51(53(43)63)61(13,14)15)55(47)67-57(65)41-21-23-42(24-22-41)58(66)68-56-46(28-38(4)30-48(56)36-50(20-2)60(10,11)12)34-44-26-40(6)32-52(54(44)64)62(16,17)18/h21-32,49-50,63-64H,19-20,33-36H2,1-18H3. The van der Waals surface area contributed by atoms with Crippen LogP contribution in [-0.4, -0.2) is 22.2 Å². The fourth-order valence-electron chi connectivity index (χ4n) is 9.92. The molecule has 0 saturated heterocycles. The minimum absolute atomic E-state index is 0.0172. The molecule has 5 aromatic carbocycles. The van der Waals surface area contributed by atoms with Crippen LogP contribution in [-0.2, 0) is 36.5 Å². The van der Waals surface area contributed by atoms with E-state index >= 15 is 0 Å². The Hall–Kier alpha value is -5.36. The number of hydrogen-bond donors (Lipinski definition) is 2. The largest absolute Gasteiger partial charge is 0.507 e. The molecule has 0 heterocycles. The summed E-state index contributed by atoms with van der Waals surface area (Å²) in [6, 6.07) is 23.0. The molecule has 2 unspecified atom stereocenters. The van der Waals surface area contributed by atoms with Crippen LogP contribution in [0.25, 0.3) is 0 Å². The Morgan fingerprint density at radius 1 is 0.456 bits per heavy atom.